The molecule has 3 aromatic rings. The monoisotopic (exact) mass is 433 g/mol. The molecule has 1 amide bonds. The lowest BCUT2D eigenvalue weighted by atomic mass is 10.2. The lowest BCUT2D eigenvalue weighted by molar-refractivity contribution is -0.115. The van der Waals surface area contributed by atoms with E-state index in [9.17, 15) is 4.79 Å². The molecule has 0 atom stereocenters. The lowest BCUT2D eigenvalue weighted by Gasteiger charge is -2.18. The topological polar surface area (TPSA) is 63.9 Å². The molecule has 1 aliphatic rings. The van der Waals surface area contributed by atoms with Gasteiger partial charge in [-0.2, -0.15) is 0 Å². The van der Waals surface area contributed by atoms with Crippen LogP contribution in [-0.2, 0) is 23.5 Å². The molecule has 2 aromatic heterocycles. The van der Waals surface area contributed by atoms with E-state index in [4.69, 9.17) is 11.6 Å². The summed E-state index contributed by atoms with van der Waals surface area (Å²) in [5.41, 5.74) is 1.64. The van der Waals surface area contributed by atoms with Crippen molar-refractivity contribution >= 4 is 51.4 Å². The first-order chi connectivity index (χ1) is 13.6. The van der Waals surface area contributed by atoms with E-state index in [1.54, 1.807) is 28.8 Å². The molecule has 6 nitrogen and oxygen atoms in total. The van der Waals surface area contributed by atoms with Crippen molar-refractivity contribution in [3.63, 3.8) is 0 Å². The SMILES string of the molecule is CC(=O)N(c1cccc(Cl)c1)c1nc(CSc2nnc3n2CCCCC3)cs1. The Morgan fingerprint density at radius 1 is 1.32 bits per heavy atom. The van der Waals surface area contributed by atoms with Crippen LogP contribution >= 0.6 is 34.7 Å². The third kappa shape index (κ3) is 4.24. The van der Waals surface area contributed by atoms with Gasteiger partial charge in [-0.15, -0.1) is 21.5 Å². The summed E-state index contributed by atoms with van der Waals surface area (Å²) in [5, 5.41) is 12.9. The number of amides is 1. The number of benzene rings is 1. The molecule has 0 fully saturated rings. The fourth-order valence-corrected chi connectivity index (χ4v) is 5.26. The van der Waals surface area contributed by atoms with Crippen LogP contribution in [0.1, 0.15) is 37.7 Å². The van der Waals surface area contributed by atoms with Crippen molar-refractivity contribution < 1.29 is 4.79 Å². The molecule has 0 bridgehead atoms. The zero-order chi connectivity index (χ0) is 19.5. The number of halogens is 1. The maximum atomic E-state index is 12.2. The highest BCUT2D eigenvalue weighted by Crippen LogP contribution is 2.32. The molecule has 0 aliphatic carbocycles. The Balaban J connectivity index is 1.50. The smallest absolute Gasteiger partial charge is 0.230 e. The van der Waals surface area contributed by atoms with Gasteiger partial charge >= 0.3 is 0 Å². The summed E-state index contributed by atoms with van der Waals surface area (Å²) >= 11 is 9.18. The van der Waals surface area contributed by atoms with E-state index in [1.165, 1.54) is 37.5 Å². The minimum Gasteiger partial charge on any atom is -0.306 e. The Bertz CT molecular complexity index is 986. The average molecular weight is 434 g/mol. The van der Waals surface area contributed by atoms with Crippen LogP contribution < -0.4 is 4.90 Å². The number of hydrogen-bond donors (Lipinski definition) is 0. The van der Waals surface area contributed by atoms with Crippen LogP contribution in [0.2, 0.25) is 5.02 Å². The Kier molecular flexibility index (Phi) is 5.99. The van der Waals surface area contributed by atoms with E-state index >= 15 is 0 Å². The van der Waals surface area contributed by atoms with Gasteiger partial charge in [-0.1, -0.05) is 35.9 Å². The predicted octanol–water partition coefficient (Wildman–Crippen LogP) is 5.09. The van der Waals surface area contributed by atoms with Gasteiger partial charge in [0.1, 0.15) is 5.82 Å². The first-order valence-electron chi connectivity index (χ1n) is 9.17. The molecular weight excluding hydrogens is 414 g/mol. The highest BCUT2D eigenvalue weighted by Gasteiger charge is 2.19. The van der Waals surface area contributed by atoms with Crippen LogP contribution in [0.25, 0.3) is 0 Å². The van der Waals surface area contributed by atoms with Gasteiger partial charge in [0, 0.05) is 36.0 Å². The summed E-state index contributed by atoms with van der Waals surface area (Å²) in [6.07, 6.45) is 4.60. The largest absolute Gasteiger partial charge is 0.306 e. The van der Waals surface area contributed by atoms with Crippen LogP contribution in [-0.4, -0.2) is 25.7 Å². The molecule has 0 spiro atoms. The summed E-state index contributed by atoms with van der Waals surface area (Å²) < 4.78 is 2.23. The molecule has 0 saturated heterocycles. The molecule has 0 unspecified atom stereocenters. The summed E-state index contributed by atoms with van der Waals surface area (Å²) in [6.45, 7) is 2.52. The van der Waals surface area contributed by atoms with Gasteiger partial charge in [0.05, 0.1) is 11.4 Å². The van der Waals surface area contributed by atoms with Gasteiger partial charge < -0.3 is 4.57 Å². The number of rotatable bonds is 5. The van der Waals surface area contributed by atoms with Gasteiger partial charge in [-0.25, -0.2) is 4.98 Å². The van der Waals surface area contributed by atoms with Gasteiger partial charge in [0.2, 0.25) is 5.91 Å². The van der Waals surface area contributed by atoms with Crippen LogP contribution in [0.3, 0.4) is 0 Å². The number of thiazole rings is 1. The minimum absolute atomic E-state index is 0.0985. The number of carbonyl (C=O) groups is 1. The van der Waals surface area contributed by atoms with Crippen molar-refractivity contribution in [3.05, 3.63) is 46.2 Å². The fraction of sp³-hybridized carbons (Fsp3) is 0.368. The van der Waals surface area contributed by atoms with E-state index in [1.807, 2.05) is 17.5 Å². The molecule has 0 radical (unpaired) electrons. The molecule has 1 aliphatic heterocycles. The van der Waals surface area contributed by atoms with Crippen LogP contribution in [0.4, 0.5) is 10.8 Å². The summed E-state index contributed by atoms with van der Waals surface area (Å²) in [6, 6.07) is 7.24. The summed E-state index contributed by atoms with van der Waals surface area (Å²) in [5.74, 6) is 1.68. The van der Waals surface area contributed by atoms with Gasteiger partial charge in [-0.3, -0.25) is 9.69 Å². The lowest BCUT2D eigenvalue weighted by Crippen LogP contribution is -2.22. The van der Waals surface area contributed by atoms with E-state index in [-0.39, 0.29) is 5.91 Å². The first kappa shape index (κ1) is 19.4. The number of aromatic nitrogens is 4. The minimum atomic E-state index is -0.0985. The predicted molar refractivity (Wildman–Crippen MR) is 114 cm³/mol. The molecule has 0 N–H and O–H groups in total. The number of anilines is 2. The van der Waals surface area contributed by atoms with E-state index in [2.05, 4.69) is 19.7 Å². The number of hydrogen-bond acceptors (Lipinski definition) is 6. The molecule has 3 heterocycles. The zero-order valence-corrected chi connectivity index (χ0v) is 17.9. The Hall–Kier alpha value is -1.90. The van der Waals surface area contributed by atoms with E-state index in [0.29, 0.717) is 15.9 Å². The maximum Gasteiger partial charge on any atom is 0.230 e. The quantitative estimate of drug-likeness (QED) is 0.524. The van der Waals surface area contributed by atoms with Crippen LogP contribution in [0, 0.1) is 0 Å². The maximum absolute atomic E-state index is 12.2. The third-order valence-corrected chi connectivity index (χ3v) is 6.65. The van der Waals surface area contributed by atoms with Crippen LogP contribution in [0.15, 0.2) is 34.8 Å². The number of fused-ring (bicyclic) bond motifs is 1. The van der Waals surface area contributed by atoms with Crippen molar-refractivity contribution in [1.29, 1.82) is 0 Å². The Labute approximate surface area is 176 Å². The second kappa shape index (κ2) is 8.63. The van der Waals surface area contributed by atoms with E-state index in [0.717, 1.165) is 35.3 Å². The van der Waals surface area contributed by atoms with Crippen LogP contribution in [0.5, 0.6) is 0 Å². The van der Waals surface area contributed by atoms with Crippen molar-refractivity contribution in [2.75, 3.05) is 4.90 Å². The number of carbonyl (C=O) groups excluding carboxylic acids is 1. The Morgan fingerprint density at radius 3 is 3.04 bits per heavy atom. The molecule has 28 heavy (non-hydrogen) atoms. The van der Waals surface area contributed by atoms with Gasteiger partial charge in [0.15, 0.2) is 10.3 Å². The second-order valence-corrected chi connectivity index (χ2v) is 8.82. The molecule has 9 heteroatoms. The number of aryl methyl sites for hydroxylation is 1. The molecule has 1 aromatic carbocycles. The van der Waals surface area contributed by atoms with Gasteiger partial charge in [0.25, 0.3) is 0 Å². The number of nitrogens with zero attached hydrogens (tertiary/aromatic N) is 5. The highest BCUT2D eigenvalue weighted by molar-refractivity contribution is 7.98. The molecular formula is C19H20ClN5OS2. The van der Waals surface area contributed by atoms with Crippen molar-refractivity contribution in [2.45, 2.75) is 50.1 Å². The molecule has 0 saturated carbocycles. The number of thioether (sulfide) groups is 1. The highest BCUT2D eigenvalue weighted by atomic mass is 35.5. The average Bonchev–Trinajstić information content (AvgIpc) is 3.20. The third-order valence-electron chi connectivity index (χ3n) is 4.54. The zero-order valence-electron chi connectivity index (χ0n) is 15.5. The first-order valence-corrected chi connectivity index (χ1v) is 11.4. The van der Waals surface area contributed by atoms with Gasteiger partial charge in [-0.05, 0) is 31.0 Å². The summed E-state index contributed by atoms with van der Waals surface area (Å²) in [7, 11) is 0. The van der Waals surface area contributed by atoms with Crippen molar-refractivity contribution in [2.24, 2.45) is 0 Å². The van der Waals surface area contributed by atoms with Crippen molar-refractivity contribution in [1.82, 2.24) is 19.7 Å². The van der Waals surface area contributed by atoms with Crippen molar-refractivity contribution in [3.8, 4) is 0 Å². The standard InChI is InChI=1S/C19H20ClN5OS2/c1-13(26)25(16-7-5-6-14(20)10-16)18-21-15(11-27-18)12-28-19-23-22-17-8-3-2-4-9-24(17)19/h5-7,10-11H,2-4,8-9,12H2,1H3. The summed E-state index contributed by atoms with van der Waals surface area (Å²) in [4.78, 5) is 18.5. The molecule has 146 valence electrons. The van der Waals surface area contributed by atoms with E-state index < -0.39 is 0 Å². The fourth-order valence-electron chi connectivity index (χ4n) is 3.21. The molecule has 4 rings (SSSR count). The normalized spacial score (nSPS) is 13.8. The Morgan fingerprint density at radius 2 is 2.21 bits per heavy atom. The second-order valence-electron chi connectivity index (χ2n) is 6.61.